The quantitative estimate of drug-likeness (QED) is 0.426. The molecule has 7 atom stereocenters. The van der Waals surface area contributed by atoms with E-state index in [1.54, 1.807) is 31.2 Å². The number of nitrogens with one attached hydrogen (secondary N) is 2. The fraction of sp³-hybridized carbons (Fsp3) is 0.710. The monoisotopic (exact) mass is 557 g/mol. The molecule has 1 aromatic rings. The van der Waals surface area contributed by atoms with Crippen LogP contribution in [0.3, 0.4) is 0 Å². The SMILES string of the molecule is CCOc1ccc(NC(=O)[C@H]2[C@H]3C(=O)N([C@H](C)CO)C(C(=O)NC(C)(C)CC(C)(C)C)C34CC(C)[C@]2(C)O4)cc1. The summed E-state index contributed by atoms with van der Waals surface area (Å²) in [4.78, 5) is 43.7. The summed E-state index contributed by atoms with van der Waals surface area (Å²) in [5, 5.41) is 16.3. The third-order valence-corrected chi connectivity index (χ3v) is 8.89. The molecule has 4 rings (SSSR count). The summed E-state index contributed by atoms with van der Waals surface area (Å²) in [6.45, 7) is 18.1. The lowest BCUT2D eigenvalue weighted by molar-refractivity contribution is -0.150. The van der Waals surface area contributed by atoms with Gasteiger partial charge >= 0.3 is 0 Å². The van der Waals surface area contributed by atoms with Crippen molar-refractivity contribution in [3.05, 3.63) is 24.3 Å². The van der Waals surface area contributed by atoms with Crippen LogP contribution in [-0.2, 0) is 19.1 Å². The van der Waals surface area contributed by atoms with Crippen molar-refractivity contribution in [2.24, 2.45) is 23.2 Å². The van der Waals surface area contributed by atoms with Gasteiger partial charge in [-0.2, -0.15) is 0 Å². The lowest BCUT2D eigenvalue weighted by Gasteiger charge is -2.39. The molecule has 0 radical (unpaired) electrons. The molecule has 3 aliphatic rings. The zero-order valence-corrected chi connectivity index (χ0v) is 25.5. The lowest BCUT2D eigenvalue weighted by Crippen LogP contribution is -2.61. The van der Waals surface area contributed by atoms with Gasteiger partial charge in [-0.25, -0.2) is 0 Å². The molecule has 3 N–H and O–H groups in total. The highest BCUT2D eigenvalue weighted by Crippen LogP contribution is 2.65. The highest BCUT2D eigenvalue weighted by atomic mass is 16.5. The molecule has 3 amide bonds. The Morgan fingerprint density at radius 3 is 2.35 bits per heavy atom. The van der Waals surface area contributed by atoms with Gasteiger partial charge in [-0.05, 0) is 83.1 Å². The summed E-state index contributed by atoms with van der Waals surface area (Å²) < 4.78 is 12.3. The largest absolute Gasteiger partial charge is 0.494 e. The van der Waals surface area contributed by atoms with Crippen molar-refractivity contribution < 1.29 is 29.0 Å². The predicted octanol–water partition coefficient (Wildman–Crippen LogP) is 3.75. The van der Waals surface area contributed by atoms with Gasteiger partial charge in [-0.15, -0.1) is 0 Å². The zero-order chi connectivity index (χ0) is 29.8. The zero-order valence-electron chi connectivity index (χ0n) is 25.5. The van der Waals surface area contributed by atoms with Gasteiger partial charge in [0.25, 0.3) is 0 Å². The summed E-state index contributed by atoms with van der Waals surface area (Å²) in [7, 11) is 0. The average molecular weight is 558 g/mol. The Morgan fingerprint density at radius 1 is 1.18 bits per heavy atom. The van der Waals surface area contributed by atoms with Crippen molar-refractivity contribution in [3.63, 3.8) is 0 Å². The van der Waals surface area contributed by atoms with Crippen LogP contribution in [0, 0.1) is 23.2 Å². The number of ether oxygens (including phenoxy) is 2. The Kier molecular flexibility index (Phi) is 7.82. The number of carbonyl (C=O) groups is 3. The first-order valence-corrected chi connectivity index (χ1v) is 14.5. The first-order chi connectivity index (χ1) is 18.5. The summed E-state index contributed by atoms with van der Waals surface area (Å²) in [6.07, 6.45) is 1.19. The topological polar surface area (TPSA) is 117 Å². The first-order valence-electron chi connectivity index (χ1n) is 14.5. The Morgan fingerprint density at radius 2 is 1.80 bits per heavy atom. The van der Waals surface area contributed by atoms with Crippen LogP contribution < -0.4 is 15.4 Å². The van der Waals surface area contributed by atoms with Crippen molar-refractivity contribution in [2.75, 3.05) is 18.5 Å². The molecule has 2 bridgehead atoms. The van der Waals surface area contributed by atoms with Crippen molar-refractivity contribution in [2.45, 2.75) is 104 Å². The molecule has 3 unspecified atom stereocenters. The van der Waals surface area contributed by atoms with Crippen LogP contribution in [0.25, 0.3) is 0 Å². The normalized spacial score (nSPS) is 32.1. The number of amides is 3. The standard InChI is InChI=1S/C31H47N3O6/c1-10-39-21-13-11-20(12-14-21)32-25(36)22-23-27(38)34(19(3)16-35)24(31(23)15-18(2)30(22,9)40-31)26(37)33-29(7,8)17-28(4,5)6/h11-14,18-19,22-24,35H,10,15-17H2,1-9H3,(H,32,36)(H,33,37)/t18?,19-,22-,23+,24?,30+,31?/m1/s1. The third-order valence-electron chi connectivity index (χ3n) is 8.89. The molecule has 3 heterocycles. The number of aliphatic hydroxyl groups is 1. The number of fused-ring (bicyclic) bond motifs is 1. The molecule has 3 aliphatic heterocycles. The van der Waals surface area contributed by atoms with Gasteiger partial charge in [0.1, 0.15) is 17.4 Å². The molecule has 0 aliphatic carbocycles. The Balaban J connectivity index is 1.70. The van der Waals surface area contributed by atoms with Crippen molar-refractivity contribution in [3.8, 4) is 5.75 Å². The minimum atomic E-state index is -1.17. The molecule has 0 aromatic heterocycles. The number of nitrogens with zero attached hydrogens (tertiary/aromatic N) is 1. The molecule has 222 valence electrons. The summed E-state index contributed by atoms with van der Waals surface area (Å²) in [5.74, 6) is -1.96. The molecule has 3 saturated heterocycles. The van der Waals surface area contributed by atoms with Gasteiger partial charge in [0.05, 0.1) is 36.7 Å². The van der Waals surface area contributed by atoms with Gasteiger partial charge in [0, 0.05) is 11.2 Å². The van der Waals surface area contributed by atoms with E-state index in [-0.39, 0.29) is 35.7 Å². The van der Waals surface area contributed by atoms with Crippen LogP contribution in [-0.4, -0.2) is 69.8 Å². The van der Waals surface area contributed by atoms with E-state index < -0.39 is 40.7 Å². The minimum Gasteiger partial charge on any atom is -0.494 e. The second kappa shape index (κ2) is 10.3. The second-order valence-corrected chi connectivity index (χ2v) is 14.0. The number of aliphatic hydroxyl groups excluding tert-OH is 1. The number of likely N-dealkylation sites (tertiary alicyclic amines) is 1. The van der Waals surface area contributed by atoms with Crippen LogP contribution in [0.1, 0.15) is 75.2 Å². The molecule has 40 heavy (non-hydrogen) atoms. The molecule has 3 fully saturated rings. The third kappa shape index (κ3) is 5.11. The number of benzene rings is 1. The van der Waals surface area contributed by atoms with E-state index in [4.69, 9.17) is 9.47 Å². The number of hydrogen-bond donors (Lipinski definition) is 3. The molecular weight excluding hydrogens is 510 g/mol. The molecule has 0 saturated carbocycles. The summed E-state index contributed by atoms with van der Waals surface area (Å²) in [6, 6.07) is 5.53. The predicted molar refractivity (Wildman–Crippen MR) is 153 cm³/mol. The second-order valence-electron chi connectivity index (χ2n) is 14.0. The minimum absolute atomic E-state index is 0.0322. The lowest BCUT2D eigenvalue weighted by atomic mass is 9.62. The number of rotatable bonds is 9. The maximum Gasteiger partial charge on any atom is 0.246 e. The number of anilines is 1. The van der Waals surface area contributed by atoms with Gasteiger partial charge in [0.15, 0.2) is 0 Å². The Hall–Kier alpha value is -2.65. The summed E-state index contributed by atoms with van der Waals surface area (Å²) in [5.41, 5.74) is -2.08. The van der Waals surface area contributed by atoms with E-state index in [0.29, 0.717) is 24.5 Å². The van der Waals surface area contributed by atoms with Crippen molar-refractivity contribution in [1.29, 1.82) is 0 Å². The van der Waals surface area contributed by atoms with Gasteiger partial charge < -0.3 is 30.1 Å². The highest BCUT2D eigenvalue weighted by molar-refractivity contribution is 6.02. The van der Waals surface area contributed by atoms with Crippen LogP contribution in [0.4, 0.5) is 5.69 Å². The van der Waals surface area contributed by atoms with E-state index in [2.05, 4.69) is 31.4 Å². The molecule has 9 nitrogen and oxygen atoms in total. The van der Waals surface area contributed by atoms with E-state index in [0.717, 1.165) is 6.42 Å². The van der Waals surface area contributed by atoms with Crippen LogP contribution in [0.2, 0.25) is 0 Å². The van der Waals surface area contributed by atoms with E-state index in [1.165, 1.54) is 4.90 Å². The van der Waals surface area contributed by atoms with Crippen molar-refractivity contribution >= 4 is 23.4 Å². The Labute approximate surface area is 238 Å². The van der Waals surface area contributed by atoms with Gasteiger partial charge in [-0.3, -0.25) is 14.4 Å². The van der Waals surface area contributed by atoms with Crippen LogP contribution in [0.5, 0.6) is 5.75 Å². The maximum absolute atomic E-state index is 14.2. The summed E-state index contributed by atoms with van der Waals surface area (Å²) >= 11 is 0. The van der Waals surface area contributed by atoms with Crippen LogP contribution in [0.15, 0.2) is 24.3 Å². The Bertz CT molecular complexity index is 1140. The fourth-order valence-electron chi connectivity index (χ4n) is 7.73. The maximum atomic E-state index is 14.2. The van der Waals surface area contributed by atoms with Crippen LogP contribution >= 0.6 is 0 Å². The molecule has 1 aromatic carbocycles. The van der Waals surface area contributed by atoms with E-state index in [9.17, 15) is 19.5 Å². The first kappa shape index (κ1) is 30.3. The number of carbonyl (C=O) groups excluding carboxylic acids is 3. The van der Waals surface area contributed by atoms with Gasteiger partial charge in [0.2, 0.25) is 17.7 Å². The van der Waals surface area contributed by atoms with E-state index in [1.807, 2.05) is 34.6 Å². The molecular formula is C31H47N3O6. The van der Waals surface area contributed by atoms with E-state index >= 15 is 0 Å². The smallest absolute Gasteiger partial charge is 0.246 e. The molecule has 9 heteroatoms. The van der Waals surface area contributed by atoms with Gasteiger partial charge in [-0.1, -0.05) is 27.7 Å². The highest BCUT2D eigenvalue weighted by Gasteiger charge is 2.80. The average Bonchev–Trinajstić information content (AvgIpc) is 3.34. The number of hydrogen-bond acceptors (Lipinski definition) is 6. The molecule has 1 spiro atoms. The van der Waals surface area contributed by atoms with Crippen molar-refractivity contribution in [1.82, 2.24) is 10.2 Å². The fourth-order valence-corrected chi connectivity index (χ4v) is 7.73.